The molecular formula is C18H12N2. The number of hydrogen-bond acceptors (Lipinski definition) is 1. The molecule has 0 aliphatic heterocycles. The number of nitrogens with two attached hydrogens (primary N) is 1. The van der Waals surface area contributed by atoms with E-state index in [1.807, 2.05) is 6.07 Å². The second kappa shape index (κ2) is 3.23. The first-order valence-corrected chi connectivity index (χ1v) is 6.77. The number of rotatable bonds is 0. The second-order valence-corrected chi connectivity index (χ2v) is 5.30. The molecule has 0 amide bonds. The average molecular weight is 256 g/mol. The standard InChI is InChI=1S/C18H12N2/c19-14-10-9-12-11-5-1-3-7-15(11)20-16-8-4-2-6-13(16)17(14)18(12)20/h1-10H,19H2. The summed E-state index contributed by atoms with van der Waals surface area (Å²) in [6.45, 7) is 0. The van der Waals surface area contributed by atoms with Crippen molar-refractivity contribution in [2.45, 2.75) is 0 Å². The third-order valence-corrected chi connectivity index (χ3v) is 4.28. The van der Waals surface area contributed by atoms with Crippen LogP contribution in [0.5, 0.6) is 0 Å². The number of aromatic nitrogens is 1. The number of nitrogen functional groups attached to an aromatic ring is 1. The molecule has 2 heteroatoms. The summed E-state index contributed by atoms with van der Waals surface area (Å²) in [7, 11) is 0. The molecule has 2 aromatic heterocycles. The van der Waals surface area contributed by atoms with Gasteiger partial charge in [0.05, 0.1) is 16.6 Å². The molecule has 3 aromatic carbocycles. The maximum atomic E-state index is 6.25. The van der Waals surface area contributed by atoms with Crippen molar-refractivity contribution in [3.8, 4) is 0 Å². The van der Waals surface area contributed by atoms with Crippen LogP contribution in [0.2, 0.25) is 0 Å². The van der Waals surface area contributed by atoms with E-state index in [-0.39, 0.29) is 0 Å². The number of fused-ring (bicyclic) bond motifs is 6. The predicted molar refractivity (Wildman–Crippen MR) is 85.5 cm³/mol. The highest BCUT2D eigenvalue weighted by Gasteiger charge is 2.17. The third-order valence-electron chi connectivity index (χ3n) is 4.28. The molecule has 0 atom stereocenters. The highest BCUT2D eigenvalue weighted by Crippen LogP contribution is 2.41. The number of benzene rings is 3. The van der Waals surface area contributed by atoms with Crippen LogP contribution in [0.4, 0.5) is 5.69 Å². The van der Waals surface area contributed by atoms with Gasteiger partial charge in [-0.05, 0) is 18.2 Å². The lowest BCUT2D eigenvalue weighted by molar-refractivity contribution is 1.37. The summed E-state index contributed by atoms with van der Waals surface area (Å²) in [5.41, 5.74) is 10.8. The molecule has 0 unspecified atom stereocenters. The zero-order valence-electron chi connectivity index (χ0n) is 10.8. The fraction of sp³-hybridized carbons (Fsp3) is 0. The Balaban J connectivity index is 2.32. The smallest absolute Gasteiger partial charge is 0.0641 e. The summed E-state index contributed by atoms with van der Waals surface area (Å²) in [4.78, 5) is 0. The molecular weight excluding hydrogens is 244 g/mol. The first kappa shape index (κ1) is 10.1. The number of nitrogens with zero attached hydrogens (tertiary/aromatic N) is 1. The molecule has 0 bridgehead atoms. The minimum atomic E-state index is 0.853. The molecule has 2 N–H and O–H groups in total. The Morgan fingerprint density at radius 3 is 2.10 bits per heavy atom. The lowest BCUT2D eigenvalue weighted by Crippen LogP contribution is -1.84. The van der Waals surface area contributed by atoms with Crippen molar-refractivity contribution in [3.63, 3.8) is 0 Å². The molecule has 0 aliphatic carbocycles. The SMILES string of the molecule is Nc1ccc2c3ccccc3n3c4ccccc4c1c23. The van der Waals surface area contributed by atoms with E-state index >= 15 is 0 Å². The van der Waals surface area contributed by atoms with Crippen LogP contribution in [-0.2, 0) is 0 Å². The molecule has 0 spiro atoms. The van der Waals surface area contributed by atoms with Crippen molar-refractivity contribution in [2.75, 3.05) is 5.73 Å². The molecule has 5 aromatic rings. The fourth-order valence-electron chi connectivity index (χ4n) is 3.49. The van der Waals surface area contributed by atoms with Crippen LogP contribution in [0.3, 0.4) is 0 Å². The van der Waals surface area contributed by atoms with Gasteiger partial charge in [0.2, 0.25) is 0 Å². The summed E-state index contributed by atoms with van der Waals surface area (Å²) in [5, 5.41) is 4.98. The van der Waals surface area contributed by atoms with E-state index in [1.165, 1.54) is 38.1 Å². The normalized spacial score (nSPS) is 12.2. The summed E-state index contributed by atoms with van der Waals surface area (Å²) in [5.74, 6) is 0. The lowest BCUT2D eigenvalue weighted by atomic mass is 10.1. The Morgan fingerprint density at radius 2 is 1.30 bits per heavy atom. The van der Waals surface area contributed by atoms with Crippen LogP contribution in [0.25, 0.3) is 38.1 Å². The summed E-state index contributed by atoms with van der Waals surface area (Å²) in [6.07, 6.45) is 0. The van der Waals surface area contributed by atoms with E-state index in [1.54, 1.807) is 0 Å². The van der Waals surface area contributed by atoms with Gasteiger partial charge in [-0.1, -0.05) is 42.5 Å². The summed E-state index contributed by atoms with van der Waals surface area (Å²) >= 11 is 0. The Kier molecular flexibility index (Phi) is 1.63. The van der Waals surface area contributed by atoms with Gasteiger partial charge in [0, 0.05) is 27.2 Å². The quantitative estimate of drug-likeness (QED) is 0.408. The predicted octanol–water partition coefficient (Wildman–Crippen LogP) is 4.42. The minimum absolute atomic E-state index is 0.853. The van der Waals surface area contributed by atoms with E-state index < -0.39 is 0 Å². The molecule has 20 heavy (non-hydrogen) atoms. The lowest BCUT2D eigenvalue weighted by Gasteiger charge is -1.98. The van der Waals surface area contributed by atoms with E-state index in [9.17, 15) is 0 Å². The van der Waals surface area contributed by atoms with Crippen LogP contribution in [-0.4, -0.2) is 4.40 Å². The van der Waals surface area contributed by atoms with Crippen LogP contribution >= 0.6 is 0 Å². The van der Waals surface area contributed by atoms with Gasteiger partial charge < -0.3 is 10.1 Å². The molecule has 94 valence electrons. The third kappa shape index (κ3) is 0.980. The molecule has 0 saturated heterocycles. The highest BCUT2D eigenvalue weighted by molar-refractivity contribution is 6.26. The Hall–Kier alpha value is -2.74. The van der Waals surface area contributed by atoms with Crippen LogP contribution in [0, 0.1) is 0 Å². The molecule has 0 saturated carbocycles. The van der Waals surface area contributed by atoms with Gasteiger partial charge in [0.25, 0.3) is 0 Å². The van der Waals surface area contributed by atoms with E-state index in [0.29, 0.717) is 0 Å². The van der Waals surface area contributed by atoms with Crippen molar-refractivity contribution in [2.24, 2.45) is 0 Å². The van der Waals surface area contributed by atoms with Gasteiger partial charge in [-0.3, -0.25) is 0 Å². The van der Waals surface area contributed by atoms with Gasteiger partial charge in [0.1, 0.15) is 0 Å². The fourth-order valence-corrected chi connectivity index (χ4v) is 3.49. The van der Waals surface area contributed by atoms with Gasteiger partial charge in [-0.2, -0.15) is 0 Å². The van der Waals surface area contributed by atoms with Crippen molar-refractivity contribution in [1.82, 2.24) is 4.40 Å². The highest BCUT2D eigenvalue weighted by atomic mass is 14.9. The van der Waals surface area contributed by atoms with Gasteiger partial charge in [-0.25, -0.2) is 0 Å². The molecule has 0 aliphatic rings. The molecule has 5 rings (SSSR count). The van der Waals surface area contributed by atoms with Gasteiger partial charge in [0.15, 0.2) is 0 Å². The van der Waals surface area contributed by atoms with Crippen LogP contribution in [0.15, 0.2) is 60.7 Å². The maximum absolute atomic E-state index is 6.25. The topological polar surface area (TPSA) is 30.4 Å². The van der Waals surface area contributed by atoms with E-state index in [4.69, 9.17) is 5.73 Å². The zero-order chi connectivity index (χ0) is 13.3. The number of para-hydroxylation sites is 2. The van der Waals surface area contributed by atoms with Crippen molar-refractivity contribution in [3.05, 3.63) is 60.7 Å². The molecule has 2 nitrogen and oxygen atoms in total. The zero-order valence-corrected chi connectivity index (χ0v) is 10.8. The summed E-state index contributed by atoms with van der Waals surface area (Å²) < 4.78 is 2.34. The van der Waals surface area contributed by atoms with Crippen molar-refractivity contribution in [1.29, 1.82) is 0 Å². The van der Waals surface area contributed by atoms with Crippen LogP contribution < -0.4 is 5.73 Å². The number of anilines is 1. The second-order valence-electron chi connectivity index (χ2n) is 5.30. The monoisotopic (exact) mass is 256 g/mol. The first-order valence-electron chi connectivity index (χ1n) is 6.77. The number of hydrogen-bond donors (Lipinski definition) is 1. The Morgan fingerprint density at radius 1 is 0.650 bits per heavy atom. The van der Waals surface area contributed by atoms with E-state index in [0.717, 1.165) is 5.69 Å². The Labute approximate surface area is 115 Å². The van der Waals surface area contributed by atoms with E-state index in [2.05, 4.69) is 59.0 Å². The largest absolute Gasteiger partial charge is 0.398 e. The van der Waals surface area contributed by atoms with Crippen LogP contribution in [0.1, 0.15) is 0 Å². The molecule has 0 radical (unpaired) electrons. The van der Waals surface area contributed by atoms with Crippen molar-refractivity contribution >= 4 is 43.8 Å². The maximum Gasteiger partial charge on any atom is 0.0641 e. The Bertz CT molecular complexity index is 1100. The molecule has 2 heterocycles. The minimum Gasteiger partial charge on any atom is -0.398 e. The first-order chi connectivity index (χ1) is 9.86. The van der Waals surface area contributed by atoms with Crippen molar-refractivity contribution < 1.29 is 0 Å². The summed E-state index contributed by atoms with van der Waals surface area (Å²) in [6, 6.07) is 21.2. The average Bonchev–Trinajstić information content (AvgIpc) is 2.99. The van der Waals surface area contributed by atoms with Gasteiger partial charge in [-0.15, -0.1) is 0 Å². The van der Waals surface area contributed by atoms with Gasteiger partial charge >= 0.3 is 0 Å². The molecule has 0 fully saturated rings.